The van der Waals surface area contributed by atoms with Crippen molar-refractivity contribution in [1.82, 2.24) is 0 Å². The van der Waals surface area contributed by atoms with Crippen LogP contribution in [0.2, 0.25) is 0 Å². The molecule has 0 rings (SSSR count). The Morgan fingerprint density at radius 2 is 1.57 bits per heavy atom. The lowest BCUT2D eigenvalue weighted by molar-refractivity contribution is -0.0538. The van der Waals surface area contributed by atoms with E-state index in [1.807, 2.05) is 0 Å². The van der Waals surface area contributed by atoms with Gasteiger partial charge in [0.05, 0.1) is 12.2 Å². The van der Waals surface area contributed by atoms with Crippen molar-refractivity contribution < 1.29 is 4.74 Å². The zero-order valence-electron chi connectivity index (χ0n) is 11.1. The highest BCUT2D eigenvalue weighted by molar-refractivity contribution is 4.73. The Bertz CT molecular complexity index is 153. The predicted molar refractivity (Wildman–Crippen MR) is 63.6 cm³/mol. The normalized spacial score (nSPS) is 15.6. The Labute approximate surface area is 90.2 Å². The SMILES string of the molecule is CCCC(C)(C)OCC(C)C(C)(C)C. The van der Waals surface area contributed by atoms with E-state index in [9.17, 15) is 0 Å². The van der Waals surface area contributed by atoms with Crippen LogP contribution in [0.4, 0.5) is 0 Å². The molecule has 1 atom stereocenters. The van der Waals surface area contributed by atoms with Gasteiger partial charge in [0.1, 0.15) is 0 Å². The lowest BCUT2D eigenvalue weighted by Gasteiger charge is -2.32. The molecule has 0 fully saturated rings. The third kappa shape index (κ3) is 5.64. The van der Waals surface area contributed by atoms with E-state index in [2.05, 4.69) is 48.5 Å². The quantitative estimate of drug-likeness (QED) is 0.644. The van der Waals surface area contributed by atoms with Crippen LogP contribution in [0.15, 0.2) is 0 Å². The monoisotopic (exact) mass is 200 g/mol. The molecule has 1 nitrogen and oxygen atoms in total. The van der Waals surface area contributed by atoms with Crippen LogP contribution in [0.1, 0.15) is 61.3 Å². The lowest BCUT2D eigenvalue weighted by Crippen LogP contribution is -2.30. The van der Waals surface area contributed by atoms with Gasteiger partial charge < -0.3 is 4.74 Å². The molecule has 0 aromatic carbocycles. The molecule has 0 radical (unpaired) electrons. The molecule has 0 spiro atoms. The van der Waals surface area contributed by atoms with E-state index >= 15 is 0 Å². The number of rotatable bonds is 5. The fourth-order valence-corrected chi connectivity index (χ4v) is 1.27. The molecule has 0 aromatic heterocycles. The number of ether oxygens (including phenoxy) is 1. The maximum absolute atomic E-state index is 5.96. The van der Waals surface area contributed by atoms with E-state index < -0.39 is 0 Å². The Balaban J connectivity index is 3.93. The molecule has 0 saturated carbocycles. The fourth-order valence-electron chi connectivity index (χ4n) is 1.27. The Morgan fingerprint density at radius 1 is 1.07 bits per heavy atom. The van der Waals surface area contributed by atoms with Crippen LogP contribution in [-0.4, -0.2) is 12.2 Å². The smallest absolute Gasteiger partial charge is 0.0626 e. The van der Waals surface area contributed by atoms with Gasteiger partial charge in [0, 0.05) is 0 Å². The summed E-state index contributed by atoms with van der Waals surface area (Å²) in [6.07, 6.45) is 2.33. The standard InChI is InChI=1S/C13H28O/c1-8-9-13(6,7)14-10-11(2)12(3,4)5/h11H,8-10H2,1-7H3. The van der Waals surface area contributed by atoms with Crippen molar-refractivity contribution in [3.63, 3.8) is 0 Å². The molecule has 86 valence electrons. The van der Waals surface area contributed by atoms with Crippen molar-refractivity contribution in [3.05, 3.63) is 0 Å². The minimum atomic E-state index is 0.0499. The van der Waals surface area contributed by atoms with Crippen LogP contribution in [0.3, 0.4) is 0 Å². The van der Waals surface area contributed by atoms with Gasteiger partial charge in [-0.25, -0.2) is 0 Å². The first kappa shape index (κ1) is 14.0. The predicted octanol–water partition coefficient (Wildman–Crippen LogP) is 4.26. The topological polar surface area (TPSA) is 9.23 Å². The first-order valence-electron chi connectivity index (χ1n) is 5.83. The summed E-state index contributed by atoms with van der Waals surface area (Å²) in [5.41, 5.74) is 0.399. The molecule has 0 aliphatic carbocycles. The second-order valence-electron chi connectivity index (χ2n) is 6.09. The minimum Gasteiger partial charge on any atom is -0.375 e. The maximum atomic E-state index is 5.96. The van der Waals surface area contributed by atoms with Crippen molar-refractivity contribution in [2.75, 3.05) is 6.61 Å². The second-order valence-corrected chi connectivity index (χ2v) is 6.09. The third-order valence-corrected chi connectivity index (χ3v) is 3.05. The van der Waals surface area contributed by atoms with Gasteiger partial charge in [-0.3, -0.25) is 0 Å². The van der Waals surface area contributed by atoms with E-state index in [1.165, 1.54) is 6.42 Å². The van der Waals surface area contributed by atoms with Gasteiger partial charge in [-0.05, 0) is 31.6 Å². The van der Waals surface area contributed by atoms with Crippen molar-refractivity contribution in [2.45, 2.75) is 66.9 Å². The van der Waals surface area contributed by atoms with Crippen LogP contribution >= 0.6 is 0 Å². The zero-order chi connectivity index (χ0) is 11.4. The van der Waals surface area contributed by atoms with Gasteiger partial charge in [-0.15, -0.1) is 0 Å². The Kier molecular flexibility index (Phi) is 5.14. The van der Waals surface area contributed by atoms with Gasteiger partial charge in [0.15, 0.2) is 0 Å². The summed E-state index contributed by atoms with van der Waals surface area (Å²) in [5.74, 6) is 0.610. The molecular weight excluding hydrogens is 172 g/mol. The van der Waals surface area contributed by atoms with Gasteiger partial charge in [-0.1, -0.05) is 41.0 Å². The summed E-state index contributed by atoms with van der Waals surface area (Å²) < 4.78 is 5.96. The molecule has 0 bridgehead atoms. The van der Waals surface area contributed by atoms with Crippen molar-refractivity contribution >= 4 is 0 Å². The van der Waals surface area contributed by atoms with E-state index in [-0.39, 0.29) is 5.60 Å². The Morgan fingerprint density at radius 3 is 1.93 bits per heavy atom. The Hall–Kier alpha value is -0.0400. The van der Waals surface area contributed by atoms with Crippen LogP contribution < -0.4 is 0 Å². The highest BCUT2D eigenvalue weighted by Gasteiger charge is 2.24. The van der Waals surface area contributed by atoms with Crippen LogP contribution in [0.25, 0.3) is 0 Å². The van der Waals surface area contributed by atoms with Crippen molar-refractivity contribution in [2.24, 2.45) is 11.3 Å². The molecule has 0 aliphatic rings. The molecule has 0 heterocycles. The molecule has 0 saturated heterocycles. The summed E-state index contributed by atoms with van der Waals surface area (Å²) >= 11 is 0. The van der Waals surface area contributed by atoms with E-state index in [0.717, 1.165) is 13.0 Å². The van der Waals surface area contributed by atoms with Crippen molar-refractivity contribution in [1.29, 1.82) is 0 Å². The first-order chi connectivity index (χ1) is 6.19. The molecule has 14 heavy (non-hydrogen) atoms. The van der Waals surface area contributed by atoms with Gasteiger partial charge in [0.25, 0.3) is 0 Å². The summed E-state index contributed by atoms with van der Waals surface area (Å²) in [6, 6.07) is 0. The fraction of sp³-hybridized carbons (Fsp3) is 1.00. The maximum Gasteiger partial charge on any atom is 0.0626 e. The summed E-state index contributed by atoms with van der Waals surface area (Å²) in [7, 11) is 0. The summed E-state index contributed by atoms with van der Waals surface area (Å²) in [6.45, 7) is 16.5. The molecule has 0 N–H and O–H groups in total. The van der Waals surface area contributed by atoms with Crippen molar-refractivity contribution in [3.8, 4) is 0 Å². The van der Waals surface area contributed by atoms with Crippen LogP contribution in [0.5, 0.6) is 0 Å². The zero-order valence-corrected chi connectivity index (χ0v) is 11.1. The van der Waals surface area contributed by atoms with Gasteiger partial charge in [-0.2, -0.15) is 0 Å². The largest absolute Gasteiger partial charge is 0.375 e. The molecule has 0 aliphatic heterocycles. The number of hydrogen-bond donors (Lipinski definition) is 0. The second kappa shape index (κ2) is 5.16. The molecular formula is C13H28O. The molecule has 1 unspecified atom stereocenters. The van der Waals surface area contributed by atoms with Gasteiger partial charge in [0.2, 0.25) is 0 Å². The number of hydrogen-bond acceptors (Lipinski definition) is 1. The van der Waals surface area contributed by atoms with E-state index in [1.54, 1.807) is 0 Å². The average molecular weight is 200 g/mol. The molecule has 0 amide bonds. The first-order valence-corrected chi connectivity index (χ1v) is 5.83. The highest BCUT2D eigenvalue weighted by atomic mass is 16.5. The van der Waals surface area contributed by atoms with Crippen LogP contribution in [-0.2, 0) is 4.74 Å². The minimum absolute atomic E-state index is 0.0499. The molecule has 1 heteroatoms. The summed E-state index contributed by atoms with van der Waals surface area (Å²) in [5, 5.41) is 0. The highest BCUT2D eigenvalue weighted by Crippen LogP contribution is 2.27. The van der Waals surface area contributed by atoms with Crippen LogP contribution in [0, 0.1) is 11.3 Å². The molecule has 0 aromatic rings. The lowest BCUT2D eigenvalue weighted by atomic mass is 9.82. The van der Waals surface area contributed by atoms with E-state index in [0.29, 0.717) is 11.3 Å². The average Bonchev–Trinajstić information content (AvgIpc) is 1.98. The third-order valence-electron chi connectivity index (χ3n) is 3.05. The summed E-state index contributed by atoms with van der Waals surface area (Å²) in [4.78, 5) is 0. The van der Waals surface area contributed by atoms with E-state index in [4.69, 9.17) is 4.74 Å². The van der Waals surface area contributed by atoms with Gasteiger partial charge >= 0.3 is 0 Å².